The molecular weight excluding hydrogens is 140 g/mol. The first-order valence-electron chi connectivity index (χ1n) is 3.69. The first-order valence-corrected chi connectivity index (χ1v) is 3.69. The van der Waals surface area contributed by atoms with Crippen LogP contribution in [0.5, 0.6) is 0 Å². The Bertz CT molecular complexity index is 121. The molecule has 0 heterocycles. The van der Waals surface area contributed by atoms with E-state index in [1.54, 1.807) is 12.2 Å². The molecule has 0 aliphatic rings. The molecule has 0 saturated carbocycles. The monoisotopic (exact) mass is 155 g/mol. The van der Waals surface area contributed by atoms with Crippen molar-refractivity contribution in [2.24, 2.45) is 0 Å². The summed E-state index contributed by atoms with van der Waals surface area (Å²) >= 11 is 0. The zero-order valence-electron chi connectivity index (χ0n) is 6.92. The van der Waals surface area contributed by atoms with Gasteiger partial charge in [0.15, 0.2) is 0 Å². The Labute approximate surface area is 68.2 Å². The minimum Gasteiger partial charge on any atom is -0.361 e. The molecule has 63 valence electrons. The van der Waals surface area contributed by atoms with Crippen LogP contribution in [-0.2, 0) is 4.74 Å². The summed E-state index contributed by atoms with van der Waals surface area (Å²) in [6, 6.07) is 0. The van der Waals surface area contributed by atoms with Crippen molar-refractivity contribution in [2.45, 2.75) is 25.9 Å². The third-order valence-electron chi connectivity index (χ3n) is 1.25. The van der Waals surface area contributed by atoms with Crippen molar-refractivity contribution < 1.29 is 9.84 Å². The molecule has 2 nitrogen and oxygen atoms in total. The maximum Gasteiger partial charge on any atom is 0.221 e. The van der Waals surface area contributed by atoms with Crippen LogP contribution >= 0.6 is 0 Å². The van der Waals surface area contributed by atoms with Crippen LogP contribution < -0.4 is 0 Å². The number of ether oxygens (including phenoxy) is 1. The van der Waals surface area contributed by atoms with E-state index in [2.05, 4.69) is 13.2 Å². The lowest BCUT2D eigenvalue weighted by Gasteiger charge is -2.14. The lowest BCUT2D eigenvalue weighted by molar-refractivity contribution is -0.0253. The molecule has 1 unspecified atom stereocenters. The van der Waals surface area contributed by atoms with Crippen molar-refractivity contribution in [3.63, 3.8) is 0 Å². The Morgan fingerprint density at radius 3 is 2.64 bits per heavy atom. The number of aliphatic hydroxyl groups is 1. The summed E-state index contributed by atoms with van der Waals surface area (Å²) in [5.41, 5.74) is 0. The predicted molar refractivity (Wildman–Crippen MR) is 45.4 cm³/mol. The van der Waals surface area contributed by atoms with E-state index in [4.69, 9.17) is 9.84 Å². The van der Waals surface area contributed by atoms with Crippen molar-refractivity contribution in [1.29, 1.82) is 0 Å². The van der Waals surface area contributed by atoms with Gasteiger partial charge in [0.1, 0.15) is 0 Å². The van der Waals surface area contributed by atoms with Gasteiger partial charge in [-0.3, -0.25) is 0 Å². The fourth-order valence-corrected chi connectivity index (χ4v) is 0.615. The number of hydrogen-bond acceptors (Lipinski definition) is 2. The van der Waals surface area contributed by atoms with Gasteiger partial charge < -0.3 is 9.84 Å². The average molecular weight is 155 g/mol. The molecule has 0 aliphatic carbocycles. The van der Waals surface area contributed by atoms with Crippen molar-refractivity contribution in [1.82, 2.24) is 0 Å². The highest BCUT2D eigenvalue weighted by atomic mass is 16.6. The summed E-state index contributed by atoms with van der Waals surface area (Å²) in [6.07, 6.45) is 4.47. The molecule has 0 fully saturated rings. The normalized spacial score (nSPS) is 13.0. The fraction of sp³-hybridized carbons (Fsp3) is 0.444. The maximum atomic E-state index is 9.00. The Hall–Kier alpha value is -0.600. The Morgan fingerprint density at radius 2 is 2.27 bits per heavy atom. The maximum absolute atomic E-state index is 9.00. The number of hydrogen-bond donors (Lipinski definition) is 1. The molecule has 0 aliphatic heterocycles. The lowest BCUT2D eigenvalue weighted by atomic mass is 10.2. The molecule has 1 atom stereocenters. The molecule has 0 saturated heterocycles. The molecule has 0 rings (SSSR count). The molecule has 0 bridgehead atoms. The van der Waals surface area contributed by atoms with E-state index in [1.165, 1.54) is 0 Å². The van der Waals surface area contributed by atoms with Crippen LogP contribution in [0.25, 0.3) is 0 Å². The first kappa shape index (κ1) is 10.4. The molecule has 11 heavy (non-hydrogen) atoms. The average Bonchev–Trinajstić information content (AvgIpc) is 2.03. The van der Waals surface area contributed by atoms with Crippen LogP contribution in [0.4, 0.5) is 0 Å². The van der Waals surface area contributed by atoms with E-state index in [-0.39, 0.29) is 12.4 Å². The molecule has 2 heteroatoms. The Kier molecular flexibility index (Phi) is 5.80. The van der Waals surface area contributed by atoms with E-state index in [1.807, 2.05) is 6.92 Å². The molecular formula is C9H15O2. The summed E-state index contributed by atoms with van der Waals surface area (Å²) in [5, 5.41) is 9.00. The van der Waals surface area contributed by atoms with Gasteiger partial charge >= 0.3 is 0 Å². The molecule has 1 N–H and O–H groups in total. The second-order valence-electron chi connectivity index (χ2n) is 2.16. The zero-order valence-corrected chi connectivity index (χ0v) is 6.92. The highest BCUT2D eigenvalue weighted by Crippen LogP contribution is 2.10. The highest BCUT2D eigenvalue weighted by Gasteiger charge is 2.08. The minimum atomic E-state index is -0.146. The summed E-state index contributed by atoms with van der Waals surface area (Å²) in [4.78, 5) is 0. The SMILES string of the molecule is C=CCC(C=C)O[C](O)CC. The van der Waals surface area contributed by atoms with Crippen LogP contribution in [0, 0.1) is 6.29 Å². The van der Waals surface area contributed by atoms with Gasteiger partial charge in [-0.25, -0.2) is 0 Å². The largest absolute Gasteiger partial charge is 0.361 e. The summed E-state index contributed by atoms with van der Waals surface area (Å²) < 4.78 is 5.07. The van der Waals surface area contributed by atoms with Crippen LogP contribution in [0.1, 0.15) is 19.8 Å². The molecule has 1 radical (unpaired) electrons. The van der Waals surface area contributed by atoms with Gasteiger partial charge in [0.2, 0.25) is 6.29 Å². The van der Waals surface area contributed by atoms with Gasteiger partial charge in [0, 0.05) is 6.42 Å². The minimum absolute atomic E-state index is 0.0525. The Balaban J connectivity index is 3.66. The van der Waals surface area contributed by atoms with Gasteiger partial charge in [-0.1, -0.05) is 19.1 Å². The van der Waals surface area contributed by atoms with Crippen molar-refractivity contribution in [2.75, 3.05) is 0 Å². The highest BCUT2D eigenvalue weighted by molar-refractivity contribution is 4.87. The van der Waals surface area contributed by atoms with Gasteiger partial charge in [0.05, 0.1) is 6.10 Å². The number of rotatable bonds is 6. The number of aliphatic hydroxyl groups excluding tert-OH is 1. The van der Waals surface area contributed by atoms with E-state index >= 15 is 0 Å². The van der Waals surface area contributed by atoms with Gasteiger partial charge in [-0.05, 0) is 6.42 Å². The van der Waals surface area contributed by atoms with E-state index in [0.29, 0.717) is 12.8 Å². The standard InChI is InChI=1S/C9H15O2/c1-4-7-8(5-2)11-9(10)6-3/h4-5,8,10H,1-2,6-7H2,3H3. The van der Waals surface area contributed by atoms with Crippen molar-refractivity contribution in [3.05, 3.63) is 31.6 Å². The Morgan fingerprint density at radius 1 is 1.64 bits per heavy atom. The van der Waals surface area contributed by atoms with Crippen LogP contribution in [0.3, 0.4) is 0 Å². The zero-order chi connectivity index (χ0) is 8.69. The van der Waals surface area contributed by atoms with Gasteiger partial charge in [-0.2, -0.15) is 0 Å². The third-order valence-corrected chi connectivity index (χ3v) is 1.25. The lowest BCUT2D eigenvalue weighted by Crippen LogP contribution is -2.12. The fourth-order valence-electron chi connectivity index (χ4n) is 0.615. The third kappa shape index (κ3) is 4.76. The summed E-state index contributed by atoms with van der Waals surface area (Å²) in [7, 11) is 0. The summed E-state index contributed by atoms with van der Waals surface area (Å²) in [5.74, 6) is 0. The van der Waals surface area contributed by atoms with Crippen LogP contribution in [0.15, 0.2) is 25.3 Å². The second kappa shape index (κ2) is 6.13. The predicted octanol–water partition coefficient (Wildman–Crippen LogP) is 2.41. The topological polar surface area (TPSA) is 29.5 Å². The molecule has 0 aromatic rings. The summed E-state index contributed by atoms with van der Waals surface area (Å²) in [6.45, 7) is 8.96. The van der Waals surface area contributed by atoms with E-state index in [9.17, 15) is 0 Å². The smallest absolute Gasteiger partial charge is 0.221 e. The molecule has 0 spiro atoms. The van der Waals surface area contributed by atoms with Crippen LogP contribution in [0.2, 0.25) is 0 Å². The molecule has 0 amide bonds. The molecule has 0 aromatic heterocycles. The van der Waals surface area contributed by atoms with Crippen molar-refractivity contribution in [3.8, 4) is 0 Å². The second-order valence-corrected chi connectivity index (χ2v) is 2.16. The quantitative estimate of drug-likeness (QED) is 0.597. The van der Waals surface area contributed by atoms with Crippen molar-refractivity contribution >= 4 is 0 Å². The van der Waals surface area contributed by atoms with Gasteiger partial charge in [0.25, 0.3) is 0 Å². The van der Waals surface area contributed by atoms with Gasteiger partial charge in [-0.15, -0.1) is 13.2 Å². The first-order chi connectivity index (χ1) is 5.24. The van der Waals surface area contributed by atoms with Crippen LogP contribution in [-0.4, -0.2) is 11.2 Å². The van der Waals surface area contributed by atoms with E-state index in [0.717, 1.165) is 0 Å². The van der Waals surface area contributed by atoms with E-state index < -0.39 is 0 Å². The molecule has 0 aromatic carbocycles.